The number of carbonyl (C=O) groups is 1. The first kappa shape index (κ1) is 17.5. The van der Waals surface area contributed by atoms with E-state index in [1.807, 2.05) is 59.4 Å². The molecule has 1 amide bonds. The lowest BCUT2D eigenvalue weighted by molar-refractivity contribution is 0.0951. The predicted molar refractivity (Wildman–Crippen MR) is 106 cm³/mol. The van der Waals surface area contributed by atoms with Gasteiger partial charge in [0, 0.05) is 24.3 Å². The van der Waals surface area contributed by atoms with Crippen LogP contribution in [0.5, 0.6) is 0 Å². The Kier molecular flexibility index (Phi) is 5.03. The molecule has 1 atom stereocenters. The Morgan fingerprint density at radius 2 is 1.78 bits per heavy atom. The lowest BCUT2D eigenvalue weighted by atomic mass is 10.1. The van der Waals surface area contributed by atoms with Crippen molar-refractivity contribution in [2.24, 2.45) is 11.7 Å². The summed E-state index contributed by atoms with van der Waals surface area (Å²) in [5.74, 6) is 0.434. The molecule has 1 fully saturated rings. The zero-order chi connectivity index (χ0) is 18.6. The van der Waals surface area contributed by atoms with E-state index in [9.17, 15) is 4.79 Å². The molecule has 1 aliphatic carbocycles. The third kappa shape index (κ3) is 4.26. The van der Waals surface area contributed by atoms with Crippen molar-refractivity contribution in [2.75, 3.05) is 6.54 Å². The first-order valence-electron chi connectivity index (χ1n) is 9.41. The summed E-state index contributed by atoms with van der Waals surface area (Å²) < 4.78 is 1.83. The second-order valence-corrected chi connectivity index (χ2v) is 7.15. The van der Waals surface area contributed by atoms with Gasteiger partial charge in [-0.15, -0.1) is 0 Å². The molecule has 0 radical (unpaired) electrons. The first-order valence-corrected chi connectivity index (χ1v) is 9.41. The quantitative estimate of drug-likeness (QED) is 0.680. The normalized spacial score (nSPS) is 14.7. The van der Waals surface area contributed by atoms with E-state index in [1.54, 1.807) is 0 Å². The molecule has 0 saturated heterocycles. The SMILES string of the molecule is NC(CNC(=O)c1cn(Cc2ccccc2)nc1-c1ccccc1)C1CC1. The van der Waals surface area contributed by atoms with Crippen LogP contribution in [0.1, 0.15) is 28.8 Å². The Bertz CT molecular complexity index is 901. The van der Waals surface area contributed by atoms with E-state index >= 15 is 0 Å². The summed E-state index contributed by atoms with van der Waals surface area (Å²) in [6.07, 6.45) is 4.16. The molecule has 0 aliphatic heterocycles. The third-order valence-corrected chi connectivity index (χ3v) is 4.97. The second-order valence-electron chi connectivity index (χ2n) is 7.15. The third-order valence-electron chi connectivity index (χ3n) is 4.97. The van der Waals surface area contributed by atoms with Crippen LogP contribution < -0.4 is 11.1 Å². The minimum absolute atomic E-state index is 0.0356. The largest absolute Gasteiger partial charge is 0.350 e. The molecule has 1 unspecified atom stereocenters. The molecular weight excluding hydrogens is 336 g/mol. The van der Waals surface area contributed by atoms with Crippen molar-refractivity contribution in [1.29, 1.82) is 0 Å². The summed E-state index contributed by atoms with van der Waals surface area (Å²) in [6.45, 7) is 1.12. The topological polar surface area (TPSA) is 72.9 Å². The van der Waals surface area contributed by atoms with Crippen LogP contribution in [0.25, 0.3) is 11.3 Å². The zero-order valence-corrected chi connectivity index (χ0v) is 15.2. The number of aromatic nitrogens is 2. The summed E-state index contributed by atoms with van der Waals surface area (Å²) in [4.78, 5) is 12.8. The van der Waals surface area contributed by atoms with Gasteiger partial charge < -0.3 is 11.1 Å². The Morgan fingerprint density at radius 3 is 2.44 bits per heavy atom. The van der Waals surface area contributed by atoms with E-state index in [4.69, 9.17) is 10.8 Å². The molecular formula is C22H24N4O. The Hall–Kier alpha value is -2.92. The van der Waals surface area contributed by atoms with Gasteiger partial charge in [0.15, 0.2) is 0 Å². The van der Waals surface area contributed by atoms with E-state index in [0.29, 0.717) is 30.3 Å². The number of hydrogen-bond acceptors (Lipinski definition) is 3. The average Bonchev–Trinajstić information content (AvgIpc) is 3.48. The van der Waals surface area contributed by atoms with Gasteiger partial charge in [0.05, 0.1) is 12.1 Å². The number of nitrogens with two attached hydrogens (primary N) is 1. The minimum atomic E-state index is -0.121. The highest BCUT2D eigenvalue weighted by Crippen LogP contribution is 2.31. The number of amides is 1. The maximum atomic E-state index is 12.8. The molecule has 27 heavy (non-hydrogen) atoms. The highest BCUT2D eigenvalue weighted by Gasteiger charge is 2.29. The fourth-order valence-electron chi connectivity index (χ4n) is 3.25. The van der Waals surface area contributed by atoms with Crippen LogP contribution in [0.4, 0.5) is 0 Å². The Morgan fingerprint density at radius 1 is 1.11 bits per heavy atom. The Balaban J connectivity index is 1.58. The standard InChI is InChI=1S/C22H24N4O/c23-20(17-11-12-17)13-24-22(27)19-15-26(14-16-7-3-1-4-8-16)25-21(19)18-9-5-2-6-10-18/h1-10,15,17,20H,11-14,23H2,(H,24,27). The van der Waals surface area contributed by atoms with E-state index in [1.165, 1.54) is 12.8 Å². The number of hydrogen-bond donors (Lipinski definition) is 2. The number of nitrogens with zero attached hydrogens (tertiary/aromatic N) is 2. The second kappa shape index (κ2) is 7.76. The average molecular weight is 360 g/mol. The molecule has 1 aliphatic rings. The zero-order valence-electron chi connectivity index (χ0n) is 15.2. The van der Waals surface area contributed by atoms with Crippen LogP contribution in [-0.2, 0) is 6.54 Å². The van der Waals surface area contributed by atoms with Gasteiger partial charge in [-0.05, 0) is 24.3 Å². The lowest BCUT2D eigenvalue weighted by Gasteiger charge is -2.11. The van der Waals surface area contributed by atoms with Crippen molar-refractivity contribution in [3.05, 3.63) is 78.0 Å². The molecule has 3 aromatic rings. The van der Waals surface area contributed by atoms with Gasteiger partial charge in [-0.2, -0.15) is 5.10 Å². The van der Waals surface area contributed by atoms with Gasteiger partial charge >= 0.3 is 0 Å². The van der Waals surface area contributed by atoms with Gasteiger partial charge in [-0.3, -0.25) is 9.48 Å². The van der Waals surface area contributed by atoms with Gasteiger partial charge in [0.1, 0.15) is 5.69 Å². The lowest BCUT2D eigenvalue weighted by Crippen LogP contribution is -2.38. The van der Waals surface area contributed by atoms with Gasteiger partial charge in [0.2, 0.25) is 0 Å². The molecule has 3 N–H and O–H groups in total. The number of nitrogens with one attached hydrogen (secondary N) is 1. The van der Waals surface area contributed by atoms with Gasteiger partial charge in [-0.25, -0.2) is 0 Å². The molecule has 5 nitrogen and oxygen atoms in total. The van der Waals surface area contributed by atoms with E-state index in [-0.39, 0.29) is 11.9 Å². The first-order chi connectivity index (χ1) is 13.2. The molecule has 138 valence electrons. The van der Waals surface area contributed by atoms with Crippen molar-refractivity contribution >= 4 is 5.91 Å². The smallest absolute Gasteiger partial charge is 0.255 e. The van der Waals surface area contributed by atoms with Crippen molar-refractivity contribution in [1.82, 2.24) is 15.1 Å². The molecule has 0 bridgehead atoms. The highest BCUT2D eigenvalue weighted by atomic mass is 16.1. The van der Waals surface area contributed by atoms with E-state index in [0.717, 1.165) is 11.1 Å². The number of rotatable bonds is 7. The summed E-state index contributed by atoms with van der Waals surface area (Å²) in [7, 11) is 0. The maximum absolute atomic E-state index is 12.8. The molecule has 2 aromatic carbocycles. The summed E-state index contributed by atoms with van der Waals surface area (Å²) >= 11 is 0. The van der Waals surface area contributed by atoms with E-state index < -0.39 is 0 Å². The number of benzene rings is 2. The van der Waals surface area contributed by atoms with Crippen LogP contribution in [0.15, 0.2) is 66.9 Å². The van der Waals surface area contributed by atoms with Gasteiger partial charge in [-0.1, -0.05) is 60.7 Å². The van der Waals surface area contributed by atoms with Crippen molar-refractivity contribution in [2.45, 2.75) is 25.4 Å². The predicted octanol–water partition coefficient (Wildman–Crippen LogP) is 3.07. The Labute approximate surface area is 159 Å². The van der Waals surface area contributed by atoms with Crippen molar-refractivity contribution < 1.29 is 4.79 Å². The fourth-order valence-corrected chi connectivity index (χ4v) is 3.25. The van der Waals surface area contributed by atoms with E-state index in [2.05, 4.69) is 17.4 Å². The molecule has 1 aromatic heterocycles. The van der Waals surface area contributed by atoms with Crippen molar-refractivity contribution in [3.8, 4) is 11.3 Å². The van der Waals surface area contributed by atoms with Crippen LogP contribution in [0.3, 0.4) is 0 Å². The van der Waals surface area contributed by atoms with Crippen molar-refractivity contribution in [3.63, 3.8) is 0 Å². The number of carbonyl (C=O) groups excluding carboxylic acids is 1. The maximum Gasteiger partial charge on any atom is 0.255 e. The highest BCUT2D eigenvalue weighted by molar-refractivity contribution is 5.99. The summed E-state index contributed by atoms with van der Waals surface area (Å²) in [6, 6.07) is 20.0. The molecule has 1 saturated carbocycles. The van der Waals surface area contributed by atoms with Crippen LogP contribution in [0, 0.1) is 5.92 Å². The molecule has 0 spiro atoms. The molecule has 1 heterocycles. The van der Waals surface area contributed by atoms with Crippen LogP contribution in [0.2, 0.25) is 0 Å². The minimum Gasteiger partial charge on any atom is -0.350 e. The summed E-state index contributed by atoms with van der Waals surface area (Å²) in [5.41, 5.74) is 9.48. The van der Waals surface area contributed by atoms with Crippen LogP contribution >= 0.6 is 0 Å². The van der Waals surface area contributed by atoms with Gasteiger partial charge in [0.25, 0.3) is 5.91 Å². The summed E-state index contributed by atoms with van der Waals surface area (Å²) in [5, 5.41) is 7.69. The molecule has 5 heteroatoms. The fraction of sp³-hybridized carbons (Fsp3) is 0.273. The molecule has 4 rings (SSSR count). The van der Waals surface area contributed by atoms with Crippen LogP contribution in [-0.4, -0.2) is 28.3 Å². The monoisotopic (exact) mass is 360 g/mol.